The number of phenolic OH excluding ortho intramolecular Hbond substituents is 1. The van der Waals surface area contributed by atoms with E-state index in [1.54, 1.807) is 6.07 Å². The van der Waals surface area contributed by atoms with Crippen LogP contribution in [0.15, 0.2) is 188 Å². The quantitative estimate of drug-likeness (QED) is 0.174. The molecule has 0 radical (unpaired) electrons. The summed E-state index contributed by atoms with van der Waals surface area (Å²) in [5, 5.41) is 13.5. The van der Waals surface area contributed by atoms with E-state index >= 15 is 0 Å². The van der Waals surface area contributed by atoms with Gasteiger partial charge >= 0.3 is 0 Å². The zero-order chi connectivity index (χ0) is 44.2. The van der Waals surface area contributed by atoms with Gasteiger partial charge in [-0.3, -0.25) is 9.97 Å². The molecule has 1 N–H and O–H groups in total. The van der Waals surface area contributed by atoms with Crippen LogP contribution in [0.3, 0.4) is 0 Å². The van der Waals surface area contributed by atoms with Crippen molar-refractivity contribution in [1.82, 2.24) is 19.5 Å². The number of para-hydroxylation sites is 4. The summed E-state index contributed by atoms with van der Waals surface area (Å²) in [4.78, 5) is 14.7. The Balaban J connectivity index is 1.12. The van der Waals surface area contributed by atoms with Crippen LogP contribution < -0.4 is 0 Å². The summed E-state index contributed by atoms with van der Waals surface area (Å²) in [6, 6.07) is 59.5. The minimum absolute atomic E-state index is 0.0469. The predicted molar refractivity (Wildman–Crippen MR) is 266 cm³/mol. The normalized spacial score (nSPS) is 12.0. The number of aromatic hydroxyl groups is 1. The lowest BCUT2D eigenvalue weighted by Gasteiger charge is -2.26. The third kappa shape index (κ3) is 7.53. The van der Waals surface area contributed by atoms with Gasteiger partial charge in [0.25, 0.3) is 0 Å². The van der Waals surface area contributed by atoms with Gasteiger partial charge < -0.3 is 9.67 Å². The molecule has 312 valence electrons. The highest BCUT2D eigenvalue weighted by atomic mass is 16.3. The highest BCUT2D eigenvalue weighted by Gasteiger charge is 2.23. The summed E-state index contributed by atoms with van der Waals surface area (Å²) >= 11 is 0. The number of rotatable bonds is 7. The zero-order valence-corrected chi connectivity index (χ0v) is 37.1. The SMILES string of the molecule is CC(C)(C)c1cc(-c2cc(-c3cccc(-c4cc(-c5cccc6c7ccccc7n(-c7ccccc7-c7cccnc7)c56)ccn4)c3)nc(-c3ccccc3O)c2)cc(C(C)(C)C)c1. The maximum absolute atomic E-state index is 11.1. The van der Waals surface area contributed by atoms with Crippen LogP contribution in [0.2, 0.25) is 0 Å². The number of phenols is 1. The van der Waals surface area contributed by atoms with E-state index in [2.05, 4.69) is 191 Å². The second-order valence-electron chi connectivity index (χ2n) is 18.8. The van der Waals surface area contributed by atoms with Crippen LogP contribution in [-0.4, -0.2) is 24.6 Å². The van der Waals surface area contributed by atoms with Crippen LogP contribution in [0.4, 0.5) is 0 Å². The van der Waals surface area contributed by atoms with E-state index in [0.29, 0.717) is 11.3 Å². The number of pyridine rings is 3. The largest absolute Gasteiger partial charge is 0.507 e. The Labute approximate surface area is 375 Å². The van der Waals surface area contributed by atoms with Crippen molar-refractivity contribution in [2.24, 2.45) is 0 Å². The van der Waals surface area contributed by atoms with E-state index in [-0.39, 0.29) is 16.6 Å². The van der Waals surface area contributed by atoms with E-state index in [4.69, 9.17) is 9.97 Å². The molecule has 5 nitrogen and oxygen atoms in total. The van der Waals surface area contributed by atoms with Crippen molar-refractivity contribution in [3.63, 3.8) is 0 Å². The molecule has 10 rings (SSSR count). The molecular weight excluding hydrogens is 781 g/mol. The number of fused-ring (bicyclic) bond motifs is 3. The lowest BCUT2D eigenvalue weighted by Crippen LogP contribution is -2.16. The second kappa shape index (κ2) is 15.9. The molecule has 6 aromatic carbocycles. The van der Waals surface area contributed by atoms with E-state index in [9.17, 15) is 5.11 Å². The predicted octanol–water partition coefficient (Wildman–Crippen LogP) is 15.3. The number of nitrogens with zero attached hydrogens (tertiary/aromatic N) is 4. The minimum atomic E-state index is -0.0469. The first kappa shape index (κ1) is 40.4. The molecule has 0 amide bonds. The Kier molecular flexibility index (Phi) is 10.1. The van der Waals surface area contributed by atoms with Crippen molar-refractivity contribution >= 4 is 21.8 Å². The standard InChI is InChI=1S/C59H50N4O/c1-58(2,3)44-31-42(32-45(36-44)59(4,5)6)43-34-52(62-53(35-43)50-21-9-12-26-56(50)64)40-17-13-16-39(30-40)51-33-38(27-29-61-51)47-22-14-23-49-48-20-8-11-25-55(48)63(57(47)49)54-24-10-7-19-46(54)41-18-15-28-60-37-41/h7-37,64H,1-6H3. The van der Waals surface area contributed by atoms with E-state index < -0.39 is 0 Å². The van der Waals surface area contributed by atoms with E-state index in [1.165, 1.54) is 21.9 Å². The third-order valence-electron chi connectivity index (χ3n) is 12.3. The molecule has 5 heteroatoms. The van der Waals surface area contributed by atoms with Gasteiger partial charge in [-0.05, 0) is 99.3 Å². The van der Waals surface area contributed by atoms with Gasteiger partial charge in [0.1, 0.15) is 5.75 Å². The average molecular weight is 831 g/mol. The molecule has 0 atom stereocenters. The van der Waals surface area contributed by atoms with Crippen LogP contribution in [0, 0.1) is 0 Å². The average Bonchev–Trinajstić information content (AvgIpc) is 3.66. The topological polar surface area (TPSA) is 63.8 Å². The molecule has 0 saturated carbocycles. The lowest BCUT2D eigenvalue weighted by atomic mass is 9.79. The minimum Gasteiger partial charge on any atom is -0.507 e. The van der Waals surface area contributed by atoms with Crippen molar-refractivity contribution in [1.29, 1.82) is 0 Å². The maximum Gasteiger partial charge on any atom is 0.124 e. The molecule has 0 saturated heterocycles. The first-order valence-electron chi connectivity index (χ1n) is 22.0. The van der Waals surface area contributed by atoms with Gasteiger partial charge in [0, 0.05) is 62.7 Å². The fourth-order valence-corrected chi connectivity index (χ4v) is 8.86. The number of aromatic nitrogens is 4. The molecule has 4 heterocycles. The molecule has 4 aromatic heterocycles. The Morgan fingerprint density at radius 2 is 1.05 bits per heavy atom. The fourth-order valence-electron chi connectivity index (χ4n) is 8.86. The molecule has 0 bridgehead atoms. The van der Waals surface area contributed by atoms with Crippen LogP contribution in [0.25, 0.3) is 94.6 Å². The van der Waals surface area contributed by atoms with Gasteiger partial charge in [-0.15, -0.1) is 0 Å². The first-order valence-corrected chi connectivity index (χ1v) is 22.0. The highest BCUT2D eigenvalue weighted by Crippen LogP contribution is 2.42. The summed E-state index contributed by atoms with van der Waals surface area (Å²) in [5.74, 6) is 0.196. The molecular formula is C59H50N4O. The first-order chi connectivity index (χ1) is 30.9. The van der Waals surface area contributed by atoms with Gasteiger partial charge in [-0.2, -0.15) is 0 Å². The summed E-state index contributed by atoms with van der Waals surface area (Å²) < 4.78 is 2.41. The molecule has 10 aromatic rings. The molecule has 0 aliphatic carbocycles. The van der Waals surface area contributed by atoms with Crippen LogP contribution >= 0.6 is 0 Å². The van der Waals surface area contributed by atoms with Crippen LogP contribution in [-0.2, 0) is 10.8 Å². The molecule has 0 spiro atoms. The third-order valence-corrected chi connectivity index (χ3v) is 12.3. The van der Waals surface area contributed by atoms with Crippen molar-refractivity contribution < 1.29 is 5.11 Å². The van der Waals surface area contributed by atoms with Gasteiger partial charge in [-0.1, -0.05) is 151 Å². The summed E-state index contributed by atoms with van der Waals surface area (Å²) in [5.41, 5.74) is 17.4. The number of hydrogen-bond acceptors (Lipinski definition) is 4. The maximum atomic E-state index is 11.1. The van der Waals surface area contributed by atoms with Gasteiger partial charge in [0.2, 0.25) is 0 Å². The molecule has 64 heavy (non-hydrogen) atoms. The van der Waals surface area contributed by atoms with Gasteiger partial charge in [0.15, 0.2) is 0 Å². The number of hydrogen-bond donors (Lipinski definition) is 1. The van der Waals surface area contributed by atoms with Gasteiger partial charge in [-0.25, -0.2) is 4.98 Å². The smallest absolute Gasteiger partial charge is 0.124 e. The molecule has 0 aliphatic heterocycles. The summed E-state index contributed by atoms with van der Waals surface area (Å²) in [7, 11) is 0. The van der Waals surface area contributed by atoms with E-state index in [1.807, 2.05) is 42.9 Å². The highest BCUT2D eigenvalue weighted by molar-refractivity contribution is 6.14. The second-order valence-corrected chi connectivity index (χ2v) is 18.8. The number of benzene rings is 6. The van der Waals surface area contributed by atoms with E-state index in [0.717, 1.165) is 72.6 Å². The van der Waals surface area contributed by atoms with Crippen molar-refractivity contribution in [3.05, 3.63) is 200 Å². The van der Waals surface area contributed by atoms with Crippen LogP contribution in [0.1, 0.15) is 52.7 Å². The molecule has 0 unspecified atom stereocenters. The Morgan fingerprint density at radius 3 is 1.80 bits per heavy atom. The fraction of sp³-hybridized carbons (Fsp3) is 0.136. The van der Waals surface area contributed by atoms with Crippen LogP contribution in [0.5, 0.6) is 5.75 Å². The van der Waals surface area contributed by atoms with Crippen molar-refractivity contribution in [3.8, 4) is 78.6 Å². The molecule has 0 aliphatic rings. The van der Waals surface area contributed by atoms with Crippen molar-refractivity contribution in [2.75, 3.05) is 0 Å². The lowest BCUT2D eigenvalue weighted by molar-refractivity contribution is 0.477. The summed E-state index contributed by atoms with van der Waals surface area (Å²) in [6.07, 6.45) is 5.66. The Hall–Kier alpha value is -7.63. The summed E-state index contributed by atoms with van der Waals surface area (Å²) in [6.45, 7) is 13.6. The zero-order valence-electron chi connectivity index (χ0n) is 37.1. The van der Waals surface area contributed by atoms with Crippen molar-refractivity contribution in [2.45, 2.75) is 52.4 Å². The Morgan fingerprint density at radius 1 is 0.438 bits per heavy atom. The Bertz CT molecular complexity index is 3340. The molecule has 0 fully saturated rings. The monoisotopic (exact) mass is 830 g/mol. The van der Waals surface area contributed by atoms with Gasteiger partial charge in [0.05, 0.1) is 33.8 Å².